The summed E-state index contributed by atoms with van der Waals surface area (Å²) in [6.45, 7) is -1.33. The lowest BCUT2D eigenvalue weighted by Gasteiger charge is -2.46. The van der Waals surface area contributed by atoms with E-state index in [0.29, 0.717) is 0 Å². The van der Waals surface area contributed by atoms with Gasteiger partial charge in [0.2, 0.25) is 0 Å². The molecule has 0 aromatic carbocycles. The SMILES string of the molecule is CN[C@H]1C[C@@H](N)[C@H](O)[C@@H](O[C@@H]2O[C@H](CO)[C@H](O)[C@@H]3O[C@@]4(O[C@H]23)O[C@H](C(N)CO)[C@H](O)[C@H](O)[C@H]4O)[C@@H]1O. The summed E-state index contributed by atoms with van der Waals surface area (Å²) in [7, 11) is 1.60. The van der Waals surface area contributed by atoms with E-state index in [4.69, 9.17) is 35.2 Å². The van der Waals surface area contributed by atoms with Crippen molar-refractivity contribution in [3.63, 3.8) is 0 Å². The van der Waals surface area contributed by atoms with Gasteiger partial charge < -0.3 is 81.3 Å². The fourth-order valence-electron chi connectivity index (χ4n) is 5.23. The van der Waals surface area contributed by atoms with Gasteiger partial charge in [-0.3, -0.25) is 0 Å². The van der Waals surface area contributed by atoms with Gasteiger partial charge >= 0.3 is 5.97 Å². The predicted octanol–water partition coefficient (Wildman–Crippen LogP) is -7.27. The monoisotopic (exact) mass is 527 g/mol. The summed E-state index contributed by atoms with van der Waals surface area (Å²) in [6, 6.07) is -2.50. The van der Waals surface area contributed by atoms with Crippen molar-refractivity contribution in [2.45, 2.75) is 104 Å². The van der Waals surface area contributed by atoms with Gasteiger partial charge in [-0.15, -0.1) is 0 Å². The van der Waals surface area contributed by atoms with Crippen LogP contribution in [0.2, 0.25) is 0 Å². The molecule has 16 nitrogen and oxygen atoms in total. The Morgan fingerprint density at radius 2 is 1.61 bits per heavy atom. The first-order chi connectivity index (χ1) is 17.0. The van der Waals surface area contributed by atoms with Gasteiger partial charge in [0.1, 0.15) is 48.8 Å². The van der Waals surface area contributed by atoms with Crippen molar-refractivity contribution in [3.8, 4) is 0 Å². The number of hydrogen-bond donors (Lipinski definition) is 11. The standard InChI is InChI=1S/C20H37N3O13/c1-23-7-2-5(21)9(26)15(10(7)27)33-19-17-16(11(28)8(4-25)32-19)35-20(36-17)18(31)13(30)12(29)14(34-20)6(22)3-24/h5-19,23-31H,2-4,21-22H2,1H3/t5-,6?,7+,8-,9+,10-,11+,12-,13+,14-,15-,16+,17+,18-,19+,20+/m1/s1. The highest BCUT2D eigenvalue weighted by Gasteiger charge is 2.67. The fraction of sp³-hybridized carbons (Fsp3) is 1.00. The van der Waals surface area contributed by atoms with Gasteiger partial charge in [0.05, 0.1) is 31.5 Å². The number of nitrogens with one attached hydrogen (secondary N) is 1. The van der Waals surface area contributed by atoms with Crippen molar-refractivity contribution in [3.05, 3.63) is 0 Å². The summed E-state index contributed by atoms with van der Waals surface area (Å²) >= 11 is 0. The molecule has 16 atom stereocenters. The third-order valence-electron chi connectivity index (χ3n) is 7.42. The van der Waals surface area contributed by atoms with E-state index < -0.39 is 111 Å². The van der Waals surface area contributed by atoms with Crippen molar-refractivity contribution in [1.82, 2.24) is 5.32 Å². The van der Waals surface area contributed by atoms with E-state index in [0.717, 1.165) is 0 Å². The number of nitrogens with two attached hydrogens (primary N) is 2. The molecule has 3 heterocycles. The second-order valence-corrected chi connectivity index (χ2v) is 9.72. The highest BCUT2D eigenvalue weighted by Crippen LogP contribution is 2.45. The van der Waals surface area contributed by atoms with Crippen LogP contribution in [0.1, 0.15) is 6.42 Å². The first-order valence-corrected chi connectivity index (χ1v) is 11.8. The van der Waals surface area contributed by atoms with E-state index in [2.05, 4.69) is 5.32 Å². The first kappa shape index (κ1) is 28.4. The predicted molar refractivity (Wildman–Crippen MR) is 115 cm³/mol. The van der Waals surface area contributed by atoms with E-state index in [1.165, 1.54) is 0 Å². The molecule has 0 amide bonds. The summed E-state index contributed by atoms with van der Waals surface area (Å²) < 4.78 is 28.7. The Labute approximate surface area is 206 Å². The molecule has 210 valence electrons. The van der Waals surface area contributed by atoms with E-state index in [1.807, 2.05) is 0 Å². The van der Waals surface area contributed by atoms with Crippen molar-refractivity contribution >= 4 is 0 Å². The number of ether oxygens (including phenoxy) is 5. The second kappa shape index (κ2) is 10.9. The molecule has 0 radical (unpaired) electrons. The molecule has 1 saturated carbocycles. The van der Waals surface area contributed by atoms with E-state index in [-0.39, 0.29) is 6.42 Å². The third kappa shape index (κ3) is 4.68. The maximum absolute atomic E-state index is 10.7. The number of aliphatic hydroxyl groups excluding tert-OH is 8. The third-order valence-corrected chi connectivity index (χ3v) is 7.42. The average molecular weight is 528 g/mol. The van der Waals surface area contributed by atoms with E-state index in [9.17, 15) is 40.9 Å². The van der Waals surface area contributed by atoms with Crippen molar-refractivity contribution in [2.75, 3.05) is 20.3 Å². The molecule has 4 rings (SSSR count). The molecule has 36 heavy (non-hydrogen) atoms. The molecule has 3 aliphatic heterocycles. The molecule has 4 aliphatic rings. The minimum Gasteiger partial charge on any atom is -0.395 e. The van der Waals surface area contributed by atoms with Crippen LogP contribution in [0.25, 0.3) is 0 Å². The number of likely N-dealkylation sites (N-methyl/N-ethyl adjacent to an activating group) is 1. The molecule has 16 heteroatoms. The number of aliphatic hydroxyl groups is 8. The van der Waals surface area contributed by atoms with Gasteiger partial charge in [-0.05, 0) is 13.5 Å². The van der Waals surface area contributed by atoms with Crippen LogP contribution in [0.15, 0.2) is 0 Å². The Balaban J connectivity index is 1.62. The number of fused-ring (bicyclic) bond motifs is 1. The molecule has 0 bridgehead atoms. The van der Waals surface area contributed by atoms with Crippen LogP contribution in [0.5, 0.6) is 0 Å². The summed E-state index contributed by atoms with van der Waals surface area (Å²) in [4.78, 5) is 0. The largest absolute Gasteiger partial charge is 0.395 e. The summed E-state index contributed by atoms with van der Waals surface area (Å²) in [5.41, 5.74) is 11.8. The number of rotatable bonds is 6. The van der Waals surface area contributed by atoms with Crippen LogP contribution < -0.4 is 16.8 Å². The highest BCUT2D eigenvalue weighted by molar-refractivity contribution is 5.05. The van der Waals surface area contributed by atoms with Crippen LogP contribution in [-0.4, -0.2) is 159 Å². The molecule has 1 aliphatic carbocycles. The van der Waals surface area contributed by atoms with Crippen LogP contribution >= 0.6 is 0 Å². The molecule has 13 N–H and O–H groups in total. The zero-order valence-corrected chi connectivity index (χ0v) is 19.6. The van der Waals surface area contributed by atoms with Crippen molar-refractivity contribution < 1.29 is 64.5 Å². The minimum absolute atomic E-state index is 0.254. The van der Waals surface area contributed by atoms with Gasteiger partial charge in [-0.25, -0.2) is 0 Å². The Kier molecular flexibility index (Phi) is 8.55. The number of hydrogen-bond acceptors (Lipinski definition) is 16. The van der Waals surface area contributed by atoms with Crippen LogP contribution in [-0.2, 0) is 23.7 Å². The minimum atomic E-state index is -2.48. The molecule has 0 aromatic rings. The molecule has 4 fully saturated rings. The molecular formula is C20H37N3O13. The van der Waals surface area contributed by atoms with Gasteiger partial charge in [0.25, 0.3) is 0 Å². The van der Waals surface area contributed by atoms with Crippen molar-refractivity contribution in [1.29, 1.82) is 0 Å². The Morgan fingerprint density at radius 3 is 2.22 bits per heavy atom. The van der Waals surface area contributed by atoms with E-state index >= 15 is 0 Å². The highest BCUT2D eigenvalue weighted by atomic mass is 16.9. The average Bonchev–Trinajstić information content (AvgIpc) is 3.27. The lowest BCUT2D eigenvalue weighted by atomic mass is 9.84. The second-order valence-electron chi connectivity index (χ2n) is 9.72. The maximum Gasteiger partial charge on any atom is 0.314 e. The van der Waals surface area contributed by atoms with Crippen LogP contribution in [0.3, 0.4) is 0 Å². The molecule has 1 unspecified atom stereocenters. The van der Waals surface area contributed by atoms with Gasteiger partial charge in [-0.2, -0.15) is 0 Å². The lowest BCUT2D eigenvalue weighted by Crippen LogP contribution is -2.69. The van der Waals surface area contributed by atoms with Crippen LogP contribution in [0.4, 0.5) is 0 Å². The van der Waals surface area contributed by atoms with Gasteiger partial charge in [0, 0.05) is 12.1 Å². The summed E-state index contributed by atoms with van der Waals surface area (Å²) in [5.74, 6) is -2.48. The molecule has 0 aromatic heterocycles. The molecule has 1 spiro atoms. The zero-order valence-electron chi connectivity index (χ0n) is 19.6. The smallest absolute Gasteiger partial charge is 0.314 e. The molecular weight excluding hydrogens is 490 g/mol. The van der Waals surface area contributed by atoms with Gasteiger partial charge in [0.15, 0.2) is 12.4 Å². The molecule has 3 saturated heterocycles. The topological polar surface area (TPSA) is 272 Å². The lowest BCUT2D eigenvalue weighted by molar-refractivity contribution is -0.439. The first-order valence-electron chi connectivity index (χ1n) is 11.8. The summed E-state index contributed by atoms with van der Waals surface area (Å²) in [6.07, 6.45) is -17.7. The Bertz CT molecular complexity index is 756. The Hall–Kier alpha value is -0.640. The zero-order chi connectivity index (χ0) is 26.5. The normalized spacial score (nSPS) is 54.4. The van der Waals surface area contributed by atoms with Gasteiger partial charge in [-0.1, -0.05) is 0 Å². The van der Waals surface area contributed by atoms with Crippen LogP contribution in [0, 0.1) is 0 Å². The summed E-state index contributed by atoms with van der Waals surface area (Å²) in [5, 5.41) is 85.6. The van der Waals surface area contributed by atoms with E-state index in [1.54, 1.807) is 7.05 Å². The quantitative estimate of drug-likeness (QED) is 0.153. The fourth-order valence-corrected chi connectivity index (χ4v) is 5.23. The van der Waals surface area contributed by atoms with Crippen molar-refractivity contribution in [2.24, 2.45) is 11.5 Å². The Morgan fingerprint density at radius 1 is 0.944 bits per heavy atom. The maximum atomic E-state index is 10.7.